The monoisotopic (exact) mass is 244 g/mol. The third-order valence-corrected chi connectivity index (χ3v) is 5.01. The van der Waals surface area contributed by atoms with E-state index in [1.54, 1.807) is 0 Å². The minimum Gasteiger partial charge on any atom is -0.0776 e. The molecule has 0 aromatic rings. The van der Waals surface area contributed by atoms with E-state index in [0.717, 1.165) is 5.92 Å². The Labute approximate surface area is 113 Å². The summed E-state index contributed by atoms with van der Waals surface area (Å²) in [6.45, 7) is 21.4. The minimum atomic E-state index is 0. The highest BCUT2D eigenvalue weighted by atomic mass is 14.4. The lowest BCUT2D eigenvalue weighted by molar-refractivity contribution is 0.0508. The van der Waals surface area contributed by atoms with E-state index in [0.29, 0.717) is 16.2 Å². The lowest BCUT2D eigenvalue weighted by Gasteiger charge is -2.45. The van der Waals surface area contributed by atoms with Crippen molar-refractivity contribution >= 4 is 0 Å². The molecule has 0 spiro atoms. The van der Waals surface area contributed by atoms with Crippen LogP contribution in [0.3, 0.4) is 0 Å². The summed E-state index contributed by atoms with van der Waals surface area (Å²) in [5.74, 6) is 0.776. The van der Waals surface area contributed by atoms with Crippen LogP contribution in [0.15, 0.2) is 0 Å². The summed E-state index contributed by atoms with van der Waals surface area (Å²) in [7, 11) is 0. The van der Waals surface area contributed by atoms with Gasteiger partial charge in [-0.1, -0.05) is 83.6 Å². The average molecular weight is 245 g/mol. The molecule has 0 amide bonds. The van der Waals surface area contributed by atoms with Gasteiger partial charge in [0.1, 0.15) is 0 Å². The molecule has 1 atom stereocenters. The van der Waals surface area contributed by atoms with Gasteiger partial charge in [-0.2, -0.15) is 0 Å². The van der Waals surface area contributed by atoms with Crippen molar-refractivity contribution in [2.45, 2.75) is 90.0 Å². The highest BCUT2D eigenvalue weighted by molar-refractivity contribution is 4.88. The van der Waals surface area contributed by atoms with Crippen LogP contribution < -0.4 is 0 Å². The second-order valence-corrected chi connectivity index (χ2v) is 7.59. The molecule has 0 radical (unpaired) electrons. The third-order valence-electron chi connectivity index (χ3n) is 5.01. The van der Waals surface area contributed by atoms with E-state index in [1.807, 2.05) is 0 Å². The molecule has 0 N–H and O–H groups in total. The molecule has 1 unspecified atom stereocenters. The quantitative estimate of drug-likeness (QED) is 0.510. The first-order valence-corrected chi connectivity index (χ1v) is 6.44. The molecular formula is C17H40. The van der Waals surface area contributed by atoms with Crippen LogP contribution in [0.1, 0.15) is 90.0 Å². The number of hydrogen-bond acceptors (Lipinski definition) is 0. The first-order chi connectivity index (χ1) is 6.44. The minimum absolute atomic E-state index is 0. The van der Waals surface area contributed by atoms with Crippen LogP contribution in [-0.4, -0.2) is 0 Å². The van der Waals surface area contributed by atoms with Gasteiger partial charge in [0.2, 0.25) is 0 Å². The van der Waals surface area contributed by atoms with Gasteiger partial charge in [0.15, 0.2) is 0 Å². The van der Waals surface area contributed by atoms with Gasteiger partial charge in [-0.3, -0.25) is 0 Å². The fourth-order valence-electron chi connectivity index (χ4n) is 1.83. The van der Waals surface area contributed by atoms with Crippen LogP contribution in [0.5, 0.6) is 0 Å². The highest BCUT2D eigenvalue weighted by Gasteiger charge is 2.38. The zero-order chi connectivity index (χ0) is 12.5. The Balaban J connectivity index is -0.000000980. The Hall–Kier alpha value is 0. The first-order valence-electron chi connectivity index (χ1n) is 6.44. The maximum absolute atomic E-state index is 2.43. The molecule has 0 heteroatoms. The molecule has 0 aromatic carbocycles. The molecule has 0 saturated carbocycles. The van der Waals surface area contributed by atoms with Gasteiger partial charge in [-0.15, -0.1) is 0 Å². The zero-order valence-electron chi connectivity index (χ0n) is 12.5. The highest BCUT2D eigenvalue weighted by Crippen LogP contribution is 2.47. The summed E-state index contributed by atoms with van der Waals surface area (Å²) in [6.07, 6.45) is 2.58. The molecule has 0 aliphatic rings. The summed E-state index contributed by atoms with van der Waals surface area (Å²) >= 11 is 0. The zero-order valence-corrected chi connectivity index (χ0v) is 12.5. The smallest absolute Gasteiger partial charge is 0.0300 e. The van der Waals surface area contributed by atoms with Gasteiger partial charge in [-0.05, 0) is 28.6 Å². The normalized spacial score (nSPS) is 14.6. The standard InChI is InChI=1S/C15H32.2CH4/c1-10-14(6,7)15(8,9)11-12(2)13(3,4)5;;/h12H,10-11H2,1-9H3;2*1H4. The van der Waals surface area contributed by atoms with Crippen molar-refractivity contribution in [1.82, 2.24) is 0 Å². The number of rotatable bonds is 4. The Morgan fingerprint density at radius 2 is 1.12 bits per heavy atom. The van der Waals surface area contributed by atoms with Gasteiger partial charge in [0.25, 0.3) is 0 Å². The average Bonchev–Trinajstić information content (AvgIpc) is 2.01. The Kier molecular flexibility index (Phi) is 8.89. The van der Waals surface area contributed by atoms with Crippen LogP contribution in [0, 0.1) is 22.2 Å². The van der Waals surface area contributed by atoms with Crippen molar-refractivity contribution in [3.05, 3.63) is 0 Å². The van der Waals surface area contributed by atoms with Crippen LogP contribution in [0.4, 0.5) is 0 Å². The molecule has 0 rings (SSSR count). The van der Waals surface area contributed by atoms with Gasteiger partial charge in [0.05, 0.1) is 0 Å². The Bertz CT molecular complexity index is 191. The van der Waals surface area contributed by atoms with Gasteiger partial charge < -0.3 is 0 Å². The van der Waals surface area contributed by atoms with Crippen LogP contribution in [0.25, 0.3) is 0 Å². The molecule has 0 nitrogen and oxygen atoms in total. The SMILES string of the molecule is C.C.CCC(C)(C)C(C)(C)CC(C)C(C)(C)C. The van der Waals surface area contributed by atoms with E-state index in [1.165, 1.54) is 12.8 Å². The van der Waals surface area contributed by atoms with E-state index < -0.39 is 0 Å². The second kappa shape index (κ2) is 6.81. The molecule has 0 saturated heterocycles. The van der Waals surface area contributed by atoms with E-state index in [2.05, 4.69) is 62.3 Å². The molecular weight excluding hydrogens is 204 g/mol. The van der Waals surface area contributed by atoms with Gasteiger partial charge >= 0.3 is 0 Å². The van der Waals surface area contributed by atoms with Gasteiger partial charge in [0, 0.05) is 0 Å². The molecule has 108 valence electrons. The maximum Gasteiger partial charge on any atom is -0.0300 e. The maximum atomic E-state index is 2.43. The second-order valence-electron chi connectivity index (χ2n) is 7.59. The van der Waals surface area contributed by atoms with E-state index >= 15 is 0 Å². The predicted molar refractivity (Wildman–Crippen MR) is 84.6 cm³/mol. The Morgan fingerprint density at radius 1 is 0.765 bits per heavy atom. The summed E-state index contributed by atoms with van der Waals surface area (Å²) in [5.41, 5.74) is 1.29. The first kappa shape index (κ1) is 22.2. The molecule has 17 heavy (non-hydrogen) atoms. The lowest BCUT2D eigenvalue weighted by atomic mass is 9.60. The van der Waals surface area contributed by atoms with E-state index in [4.69, 9.17) is 0 Å². The van der Waals surface area contributed by atoms with Crippen molar-refractivity contribution in [2.75, 3.05) is 0 Å². The van der Waals surface area contributed by atoms with Crippen molar-refractivity contribution in [1.29, 1.82) is 0 Å². The Morgan fingerprint density at radius 3 is 1.35 bits per heavy atom. The largest absolute Gasteiger partial charge is 0.0776 e. The fourth-order valence-corrected chi connectivity index (χ4v) is 1.83. The fraction of sp³-hybridized carbons (Fsp3) is 1.00. The van der Waals surface area contributed by atoms with E-state index in [9.17, 15) is 0 Å². The topological polar surface area (TPSA) is 0 Å². The summed E-state index contributed by atoms with van der Waals surface area (Å²) in [5, 5.41) is 0. The van der Waals surface area contributed by atoms with Crippen LogP contribution in [-0.2, 0) is 0 Å². The molecule has 0 fully saturated rings. The van der Waals surface area contributed by atoms with Crippen molar-refractivity contribution in [3.8, 4) is 0 Å². The molecule has 0 bridgehead atoms. The summed E-state index contributed by atoms with van der Waals surface area (Å²) in [4.78, 5) is 0. The summed E-state index contributed by atoms with van der Waals surface area (Å²) in [6, 6.07) is 0. The van der Waals surface area contributed by atoms with Crippen molar-refractivity contribution in [3.63, 3.8) is 0 Å². The van der Waals surface area contributed by atoms with Crippen LogP contribution >= 0.6 is 0 Å². The third kappa shape index (κ3) is 5.93. The summed E-state index contributed by atoms with van der Waals surface area (Å²) < 4.78 is 0. The predicted octanol–water partition coefficient (Wildman–Crippen LogP) is 6.79. The van der Waals surface area contributed by atoms with Crippen molar-refractivity contribution < 1.29 is 0 Å². The lowest BCUT2D eigenvalue weighted by Crippen LogP contribution is -2.35. The van der Waals surface area contributed by atoms with Crippen LogP contribution in [0.2, 0.25) is 0 Å². The molecule has 0 heterocycles. The molecule has 0 aliphatic carbocycles. The van der Waals surface area contributed by atoms with Crippen molar-refractivity contribution in [2.24, 2.45) is 22.2 Å². The number of hydrogen-bond donors (Lipinski definition) is 0. The molecule has 0 aliphatic heterocycles. The van der Waals surface area contributed by atoms with Gasteiger partial charge in [-0.25, -0.2) is 0 Å². The molecule has 0 aromatic heterocycles. The van der Waals surface area contributed by atoms with E-state index in [-0.39, 0.29) is 14.9 Å².